The fourth-order valence-electron chi connectivity index (χ4n) is 5.47. The maximum atomic E-state index is 13.1. The monoisotopic (exact) mass is 464 g/mol. The van der Waals surface area contributed by atoms with Crippen LogP contribution in [0.5, 0.6) is 5.75 Å². The molecule has 5 rings (SSSR count). The molecule has 0 spiro atoms. The van der Waals surface area contributed by atoms with E-state index in [0.29, 0.717) is 31.8 Å². The van der Waals surface area contributed by atoms with Crippen molar-refractivity contribution < 1.29 is 19.1 Å². The second-order valence-electron chi connectivity index (χ2n) is 9.25. The van der Waals surface area contributed by atoms with Crippen LogP contribution in [-0.2, 0) is 22.6 Å². The Balaban J connectivity index is 1.21. The van der Waals surface area contributed by atoms with E-state index in [9.17, 15) is 19.2 Å². The number of aromatic nitrogens is 1. The minimum atomic E-state index is -0.852. The van der Waals surface area contributed by atoms with Gasteiger partial charge in [0.05, 0.1) is 13.5 Å². The second-order valence-corrected chi connectivity index (χ2v) is 9.25. The molecule has 2 saturated heterocycles. The summed E-state index contributed by atoms with van der Waals surface area (Å²) in [5.74, 6) is 0.507. The number of nitrogens with one attached hydrogen (secondary N) is 1. The summed E-state index contributed by atoms with van der Waals surface area (Å²) in [5, 5.41) is 2.68. The van der Waals surface area contributed by atoms with Gasteiger partial charge < -0.3 is 19.5 Å². The molecule has 9 heteroatoms. The van der Waals surface area contributed by atoms with Crippen LogP contribution in [-0.4, -0.2) is 65.0 Å². The smallest absolute Gasteiger partial charge is 0.324 e. The van der Waals surface area contributed by atoms with Crippen molar-refractivity contribution in [2.24, 2.45) is 5.92 Å². The highest BCUT2D eigenvalue weighted by atomic mass is 16.5. The first-order valence-corrected chi connectivity index (χ1v) is 11.7. The molecule has 3 aliphatic heterocycles. The van der Waals surface area contributed by atoms with Gasteiger partial charge in [-0.05, 0) is 36.5 Å². The average molecular weight is 465 g/mol. The zero-order valence-corrected chi connectivity index (χ0v) is 19.1. The number of carbonyl (C=O) groups is 3. The second kappa shape index (κ2) is 8.96. The maximum Gasteiger partial charge on any atom is 0.324 e. The molecule has 2 unspecified atom stereocenters. The highest BCUT2D eigenvalue weighted by molar-refractivity contribution is 6.05. The van der Waals surface area contributed by atoms with Gasteiger partial charge in [0, 0.05) is 43.9 Å². The Labute approximate surface area is 197 Å². The van der Waals surface area contributed by atoms with E-state index in [0.717, 1.165) is 17.7 Å². The highest BCUT2D eigenvalue weighted by Crippen LogP contribution is 2.35. The average Bonchev–Trinajstić information content (AvgIpc) is 3.10. The number of nitrogens with zero attached hydrogens (tertiary/aromatic N) is 3. The summed E-state index contributed by atoms with van der Waals surface area (Å²) in [5.41, 5.74) is 1.87. The van der Waals surface area contributed by atoms with E-state index in [1.54, 1.807) is 24.1 Å². The summed E-state index contributed by atoms with van der Waals surface area (Å²) in [7, 11) is 1.58. The number of amides is 4. The molecule has 9 nitrogen and oxygen atoms in total. The van der Waals surface area contributed by atoms with Crippen LogP contribution in [0.15, 0.2) is 47.3 Å². The molecule has 1 N–H and O–H groups in total. The number of para-hydroxylation sites is 1. The number of pyridine rings is 1. The molecule has 34 heavy (non-hydrogen) atoms. The number of methoxy groups -OCH3 is 1. The first kappa shape index (κ1) is 22.2. The molecule has 0 aliphatic carbocycles. The van der Waals surface area contributed by atoms with Crippen LogP contribution in [0.25, 0.3) is 0 Å². The van der Waals surface area contributed by atoms with Gasteiger partial charge in [0.2, 0.25) is 5.91 Å². The summed E-state index contributed by atoms with van der Waals surface area (Å²) >= 11 is 0. The summed E-state index contributed by atoms with van der Waals surface area (Å²) in [4.78, 5) is 53.7. The van der Waals surface area contributed by atoms with Crippen molar-refractivity contribution in [2.45, 2.75) is 37.8 Å². The third-order valence-corrected chi connectivity index (χ3v) is 7.12. The number of carbonyl (C=O) groups excluding carboxylic acids is 3. The van der Waals surface area contributed by atoms with E-state index in [-0.39, 0.29) is 42.2 Å². The van der Waals surface area contributed by atoms with E-state index in [1.807, 2.05) is 34.9 Å². The van der Waals surface area contributed by atoms with Gasteiger partial charge in [0.25, 0.3) is 11.5 Å². The third-order valence-electron chi connectivity index (χ3n) is 7.12. The van der Waals surface area contributed by atoms with Crippen molar-refractivity contribution in [3.8, 4) is 5.75 Å². The Hall–Kier alpha value is -3.62. The number of rotatable bonds is 6. The number of piperidine rings is 1. The molecule has 1 aromatic carbocycles. The normalized spacial score (nSPS) is 23.5. The van der Waals surface area contributed by atoms with Gasteiger partial charge in [0.1, 0.15) is 11.8 Å². The summed E-state index contributed by atoms with van der Waals surface area (Å²) in [6.07, 6.45) is 1.36. The molecule has 3 aliphatic rings. The predicted molar refractivity (Wildman–Crippen MR) is 123 cm³/mol. The fourth-order valence-corrected chi connectivity index (χ4v) is 5.47. The number of hydrogen-bond donors (Lipinski definition) is 1. The van der Waals surface area contributed by atoms with Crippen LogP contribution in [0.4, 0.5) is 4.79 Å². The van der Waals surface area contributed by atoms with Gasteiger partial charge in [-0.1, -0.05) is 24.3 Å². The summed E-state index contributed by atoms with van der Waals surface area (Å²) in [6, 6.07) is 11.5. The van der Waals surface area contributed by atoms with E-state index in [4.69, 9.17) is 4.74 Å². The standard InChI is InChI=1S/C25H28N4O5/c1-34-21-7-3-2-5-17(21)9-10-28-24(32)19(26-25(28)33)12-23(31)27-13-16-11-18(15-27)20-6-4-8-22(30)29(20)14-16/h2-8,16,18-19H,9-15H2,1H3,(H,26,33)/t16?,18?,19-/m0/s1. The highest BCUT2D eigenvalue weighted by Gasteiger charge is 2.41. The lowest BCUT2D eigenvalue weighted by atomic mass is 9.83. The quantitative estimate of drug-likeness (QED) is 0.651. The number of imide groups is 1. The summed E-state index contributed by atoms with van der Waals surface area (Å²) < 4.78 is 7.16. The third kappa shape index (κ3) is 4.06. The van der Waals surface area contributed by atoms with Crippen molar-refractivity contribution in [1.29, 1.82) is 0 Å². The molecule has 0 radical (unpaired) electrons. The van der Waals surface area contributed by atoms with E-state index in [2.05, 4.69) is 5.32 Å². The number of hydrogen-bond acceptors (Lipinski definition) is 5. The zero-order chi connectivity index (χ0) is 23.8. The van der Waals surface area contributed by atoms with E-state index in [1.165, 1.54) is 4.90 Å². The molecule has 2 fully saturated rings. The first-order valence-electron chi connectivity index (χ1n) is 11.7. The predicted octanol–water partition coefficient (Wildman–Crippen LogP) is 1.36. The Morgan fingerprint density at radius 1 is 1.06 bits per heavy atom. The van der Waals surface area contributed by atoms with Gasteiger partial charge in [0.15, 0.2) is 0 Å². The van der Waals surface area contributed by atoms with Crippen LogP contribution in [0, 0.1) is 5.92 Å². The largest absolute Gasteiger partial charge is 0.496 e. The minimum Gasteiger partial charge on any atom is -0.496 e. The van der Waals surface area contributed by atoms with Crippen LogP contribution >= 0.6 is 0 Å². The van der Waals surface area contributed by atoms with Crippen LogP contribution < -0.4 is 15.6 Å². The van der Waals surface area contributed by atoms with Crippen LogP contribution in [0.2, 0.25) is 0 Å². The Kier molecular flexibility index (Phi) is 5.85. The molecular formula is C25H28N4O5. The number of benzene rings is 1. The van der Waals surface area contributed by atoms with Crippen molar-refractivity contribution >= 4 is 17.8 Å². The molecule has 2 aromatic rings. The van der Waals surface area contributed by atoms with Gasteiger partial charge in [-0.25, -0.2) is 4.79 Å². The molecule has 178 valence electrons. The maximum absolute atomic E-state index is 13.1. The van der Waals surface area contributed by atoms with Gasteiger partial charge in [-0.2, -0.15) is 0 Å². The van der Waals surface area contributed by atoms with Gasteiger partial charge in [-0.15, -0.1) is 0 Å². The van der Waals surface area contributed by atoms with Gasteiger partial charge in [-0.3, -0.25) is 19.3 Å². The van der Waals surface area contributed by atoms with Crippen molar-refractivity contribution in [3.05, 3.63) is 64.1 Å². The Bertz CT molecular complexity index is 1190. The van der Waals surface area contributed by atoms with Crippen molar-refractivity contribution in [1.82, 2.24) is 19.7 Å². The lowest BCUT2D eigenvalue weighted by Crippen LogP contribution is -2.50. The zero-order valence-electron chi connectivity index (χ0n) is 19.1. The lowest BCUT2D eigenvalue weighted by Gasteiger charge is -2.43. The number of fused-ring (bicyclic) bond motifs is 4. The SMILES string of the molecule is COc1ccccc1CCN1C(=O)N[C@@H](CC(=O)N2CC3CC(C2)c2cccc(=O)n2C3)C1=O. The van der Waals surface area contributed by atoms with E-state index >= 15 is 0 Å². The fraction of sp³-hybridized carbons (Fsp3) is 0.440. The molecule has 4 amide bonds. The van der Waals surface area contributed by atoms with Gasteiger partial charge >= 0.3 is 6.03 Å². The van der Waals surface area contributed by atoms with Crippen molar-refractivity contribution in [3.63, 3.8) is 0 Å². The molecule has 0 saturated carbocycles. The number of urea groups is 1. The van der Waals surface area contributed by atoms with Crippen LogP contribution in [0.1, 0.15) is 30.0 Å². The summed E-state index contributed by atoms with van der Waals surface area (Å²) in [6.45, 7) is 1.90. The Morgan fingerprint density at radius 2 is 1.88 bits per heavy atom. The molecule has 4 heterocycles. The Morgan fingerprint density at radius 3 is 2.71 bits per heavy atom. The minimum absolute atomic E-state index is 0.000504. The number of likely N-dealkylation sites (tertiary alicyclic amines) is 1. The number of ether oxygens (including phenoxy) is 1. The molecular weight excluding hydrogens is 436 g/mol. The molecule has 3 atom stereocenters. The molecule has 2 bridgehead atoms. The van der Waals surface area contributed by atoms with Crippen molar-refractivity contribution in [2.75, 3.05) is 26.7 Å². The first-order chi connectivity index (χ1) is 16.4. The van der Waals surface area contributed by atoms with Crippen LogP contribution in [0.3, 0.4) is 0 Å². The van der Waals surface area contributed by atoms with E-state index < -0.39 is 12.1 Å². The topological polar surface area (TPSA) is 101 Å². The lowest BCUT2D eigenvalue weighted by molar-refractivity contribution is -0.137. The molecule has 1 aromatic heterocycles.